The molecule has 132 valence electrons. The van der Waals surface area contributed by atoms with Crippen molar-refractivity contribution in [1.29, 1.82) is 0 Å². The normalized spacial score (nSPS) is 32.1. The molecule has 3 atom stereocenters. The zero-order chi connectivity index (χ0) is 16.7. The first-order chi connectivity index (χ1) is 11.7. The lowest BCUT2D eigenvalue weighted by atomic mass is 9.52. The van der Waals surface area contributed by atoms with Crippen molar-refractivity contribution in [2.45, 2.75) is 50.0 Å². The number of methoxy groups -OCH3 is 1. The molecule has 4 nitrogen and oxygen atoms in total. The van der Waals surface area contributed by atoms with Crippen LogP contribution in [0.4, 0.5) is 0 Å². The molecule has 1 saturated heterocycles. The highest BCUT2D eigenvalue weighted by Crippen LogP contribution is 2.56. The van der Waals surface area contributed by atoms with Crippen molar-refractivity contribution < 1.29 is 14.6 Å². The molecule has 2 bridgehead atoms. The maximum absolute atomic E-state index is 10.5. The molecule has 0 radical (unpaired) electrons. The average molecular weight is 331 g/mol. The second-order valence-corrected chi connectivity index (χ2v) is 7.83. The van der Waals surface area contributed by atoms with Gasteiger partial charge in [0.25, 0.3) is 0 Å². The van der Waals surface area contributed by atoms with E-state index in [-0.39, 0.29) is 5.41 Å². The zero-order valence-electron chi connectivity index (χ0n) is 14.9. The summed E-state index contributed by atoms with van der Waals surface area (Å²) >= 11 is 0. The molecule has 0 amide bonds. The average Bonchev–Trinajstić information content (AvgIpc) is 2.59. The van der Waals surface area contributed by atoms with Crippen LogP contribution >= 0.6 is 0 Å². The molecule has 1 aromatic rings. The van der Waals surface area contributed by atoms with E-state index < -0.39 is 0 Å². The van der Waals surface area contributed by atoms with E-state index in [9.17, 15) is 5.11 Å². The molecule has 4 rings (SSSR count). The van der Waals surface area contributed by atoms with Gasteiger partial charge in [-0.3, -0.25) is 0 Å². The van der Waals surface area contributed by atoms with E-state index >= 15 is 0 Å². The number of rotatable bonds is 4. The van der Waals surface area contributed by atoms with Gasteiger partial charge in [0.05, 0.1) is 6.61 Å². The van der Waals surface area contributed by atoms with Crippen LogP contribution in [-0.2, 0) is 16.6 Å². The highest BCUT2D eigenvalue weighted by molar-refractivity contribution is 5.52. The lowest BCUT2D eigenvalue weighted by Crippen LogP contribution is -2.59. The summed E-state index contributed by atoms with van der Waals surface area (Å²) in [7, 11) is 3.94. The van der Waals surface area contributed by atoms with E-state index in [0.29, 0.717) is 30.8 Å². The summed E-state index contributed by atoms with van der Waals surface area (Å²) in [5.41, 5.74) is 3.08. The van der Waals surface area contributed by atoms with Crippen LogP contribution in [-0.4, -0.2) is 50.0 Å². The maximum atomic E-state index is 10.5. The maximum Gasteiger partial charge on any atom is 0.161 e. The summed E-state index contributed by atoms with van der Waals surface area (Å²) in [6.07, 6.45) is 7.59. The Hall–Kier alpha value is -1.26. The van der Waals surface area contributed by atoms with Crippen LogP contribution < -0.4 is 4.74 Å². The summed E-state index contributed by atoms with van der Waals surface area (Å²) in [4.78, 5) is 2.56. The zero-order valence-corrected chi connectivity index (χ0v) is 14.9. The number of benzene rings is 1. The van der Waals surface area contributed by atoms with E-state index in [1.165, 1.54) is 49.8 Å². The van der Waals surface area contributed by atoms with Gasteiger partial charge in [0.2, 0.25) is 0 Å². The molecule has 1 N–H and O–H groups in total. The van der Waals surface area contributed by atoms with Crippen LogP contribution in [0.15, 0.2) is 12.1 Å². The number of phenolic OH excluding ortho intramolecular Hbond substituents is 1. The molecular weight excluding hydrogens is 302 g/mol. The number of likely N-dealkylation sites (N-methyl/N-ethyl adjacent to an activating group) is 1. The second-order valence-electron chi connectivity index (χ2n) is 7.83. The Balaban J connectivity index is 1.73. The molecule has 2 aliphatic carbocycles. The Labute approximate surface area is 144 Å². The number of likely N-dealkylation sites (tertiary alicyclic amines) is 1. The van der Waals surface area contributed by atoms with Crippen LogP contribution in [0.2, 0.25) is 0 Å². The minimum Gasteiger partial charge on any atom is -0.504 e. The quantitative estimate of drug-likeness (QED) is 0.861. The van der Waals surface area contributed by atoms with Gasteiger partial charge < -0.3 is 19.5 Å². The van der Waals surface area contributed by atoms with Crippen LogP contribution in [0.25, 0.3) is 0 Å². The largest absolute Gasteiger partial charge is 0.504 e. The third kappa shape index (κ3) is 2.42. The second kappa shape index (κ2) is 6.23. The monoisotopic (exact) mass is 331 g/mol. The van der Waals surface area contributed by atoms with Gasteiger partial charge in [0.15, 0.2) is 11.5 Å². The highest BCUT2D eigenvalue weighted by Gasteiger charge is 2.53. The van der Waals surface area contributed by atoms with Crippen molar-refractivity contribution in [3.63, 3.8) is 0 Å². The molecule has 2 fully saturated rings. The topological polar surface area (TPSA) is 41.9 Å². The van der Waals surface area contributed by atoms with Gasteiger partial charge in [-0.15, -0.1) is 0 Å². The van der Waals surface area contributed by atoms with Gasteiger partial charge in [-0.05, 0) is 68.5 Å². The van der Waals surface area contributed by atoms with Crippen LogP contribution in [0.5, 0.6) is 11.5 Å². The van der Waals surface area contributed by atoms with Gasteiger partial charge in [-0.2, -0.15) is 0 Å². The predicted molar refractivity (Wildman–Crippen MR) is 93.9 cm³/mol. The van der Waals surface area contributed by atoms with E-state index in [2.05, 4.69) is 18.0 Å². The lowest BCUT2D eigenvalue weighted by Gasteiger charge is -2.58. The minimum atomic E-state index is 0.283. The van der Waals surface area contributed by atoms with Gasteiger partial charge in [-0.25, -0.2) is 0 Å². The van der Waals surface area contributed by atoms with E-state index in [0.717, 1.165) is 12.3 Å². The van der Waals surface area contributed by atoms with Crippen molar-refractivity contribution in [3.05, 3.63) is 23.3 Å². The predicted octanol–water partition coefficient (Wildman–Crippen LogP) is 3.11. The van der Waals surface area contributed by atoms with E-state index in [1.807, 2.05) is 6.07 Å². The Morgan fingerprint density at radius 3 is 2.96 bits per heavy atom. The summed E-state index contributed by atoms with van der Waals surface area (Å²) in [5.74, 6) is 1.65. The molecule has 1 heterocycles. The Bertz CT molecular complexity index is 617. The fourth-order valence-corrected chi connectivity index (χ4v) is 5.57. The molecule has 3 aliphatic rings. The number of nitrogens with zero attached hydrogens (tertiary/aromatic N) is 1. The molecule has 0 aromatic heterocycles. The number of hydrogen-bond donors (Lipinski definition) is 1. The van der Waals surface area contributed by atoms with Crippen molar-refractivity contribution in [2.24, 2.45) is 5.92 Å². The van der Waals surface area contributed by atoms with Gasteiger partial charge in [0.1, 0.15) is 6.61 Å². The first kappa shape index (κ1) is 16.2. The summed E-state index contributed by atoms with van der Waals surface area (Å²) in [6.45, 7) is 2.18. The Kier molecular flexibility index (Phi) is 4.21. The van der Waals surface area contributed by atoms with Gasteiger partial charge in [0, 0.05) is 18.6 Å². The van der Waals surface area contributed by atoms with E-state index in [1.54, 1.807) is 7.11 Å². The lowest BCUT2D eigenvalue weighted by molar-refractivity contribution is 0.00260. The standard InChI is InChI=1S/C20H29NO3/c1-21-8-7-20-6-4-3-5-15(20)17(21)11-14-12-19(24-10-9-23-2)18(22)13-16(14)20/h12-13,15,17,22H,3-11H2,1-2H3/t15-,17+,20+/m0/s1. The van der Waals surface area contributed by atoms with E-state index in [4.69, 9.17) is 9.47 Å². The minimum absolute atomic E-state index is 0.283. The number of aromatic hydroxyl groups is 1. The van der Waals surface area contributed by atoms with Crippen molar-refractivity contribution in [2.75, 3.05) is 33.9 Å². The van der Waals surface area contributed by atoms with Gasteiger partial charge >= 0.3 is 0 Å². The molecule has 0 spiro atoms. The van der Waals surface area contributed by atoms with Crippen LogP contribution in [0, 0.1) is 5.92 Å². The molecule has 0 unspecified atom stereocenters. The molecule has 1 aromatic carbocycles. The molecular formula is C20H29NO3. The first-order valence-corrected chi connectivity index (χ1v) is 9.34. The fraction of sp³-hybridized carbons (Fsp3) is 0.700. The smallest absolute Gasteiger partial charge is 0.161 e. The van der Waals surface area contributed by atoms with Crippen molar-refractivity contribution >= 4 is 0 Å². The summed E-state index contributed by atoms with van der Waals surface area (Å²) in [6, 6.07) is 4.76. The number of phenols is 1. The molecule has 1 saturated carbocycles. The van der Waals surface area contributed by atoms with Crippen molar-refractivity contribution in [3.8, 4) is 11.5 Å². The third-order valence-corrected chi connectivity index (χ3v) is 6.73. The fourth-order valence-electron chi connectivity index (χ4n) is 5.57. The number of fused-ring (bicyclic) bond motifs is 1. The first-order valence-electron chi connectivity index (χ1n) is 9.34. The van der Waals surface area contributed by atoms with Gasteiger partial charge in [-0.1, -0.05) is 12.8 Å². The van der Waals surface area contributed by atoms with Crippen molar-refractivity contribution in [1.82, 2.24) is 4.90 Å². The number of ether oxygens (including phenoxy) is 2. The molecule has 1 aliphatic heterocycles. The van der Waals surface area contributed by atoms with Crippen LogP contribution in [0.1, 0.15) is 43.2 Å². The molecule has 24 heavy (non-hydrogen) atoms. The molecule has 4 heteroatoms. The highest BCUT2D eigenvalue weighted by atomic mass is 16.5. The number of hydrogen-bond acceptors (Lipinski definition) is 4. The third-order valence-electron chi connectivity index (χ3n) is 6.73. The Morgan fingerprint density at radius 1 is 1.25 bits per heavy atom. The summed E-state index contributed by atoms with van der Waals surface area (Å²) in [5, 5.41) is 10.5. The Morgan fingerprint density at radius 2 is 2.12 bits per heavy atom. The summed E-state index contributed by atoms with van der Waals surface area (Å²) < 4.78 is 10.8. The SMILES string of the molecule is COCCOc1cc2c(cc1O)[C@@]13CCCC[C@H]1[C@@H](C2)N(C)CC3. The van der Waals surface area contributed by atoms with Crippen LogP contribution in [0.3, 0.4) is 0 Å². The number of piperidine rings is 1.